The Kier molecular flexibility index (Phi) is 3.47. The van der Waals surface area contributed by atoms with E-state index >= 15 is 0 Å². The molecule has 0 saturated carbocycles. The maximum Gasteiger partial charge on any atom is 0.416 e. The summed E-state index contributed by atoms with van der Waals surface area (Å²) >= 11 is 0. The number of benzene rings is 1. The number of nitrogens with zero attached hydrogens (tertiary/aromatic N) is 1. The van der Waals surface area contributed by atoms with Crippen molar-refractivity contribution in [3.05, 3.63) is 29.6 Å². The molecule has 1 heterocycles. The third kappa shape index (κ3) is 2.58. The number of rotatable bonds is 1. The van der Waals surface area contributed by atoms with Crippen LogP contribution >= 0.6 is 0 Å². The number of nitrogens with one attached hydrogen (secondary N) is 1. The molecule has 6 heteroatoms. The Hall–Kier alpha value is -1.30. The smallest absolute Gasteiger partial charge is 0.364 e. The van der Waals surface area contributed by atoms with Gasteiger partial charge in [-0.1, -0.05) is 0 Å². The van der Waals surface area contributed by atoms with Gasteiger partial charge in [0.15, 0.2) is 0 Å². The molecule has 0 aromatic heterocycles. The van der Waals surface area contributed by atoms with Gasteiger partial charge < -0.3 is 10.2 Å². The van der Waals surface area contributed by atoms with Gasteiger partial charge in [0.05, 0.1) is 11.3 Å². The lowest BCUT2D eigenvalue weighted by Crippen LogP contribution is -2.50. The Morgan fingerprint density at radius 1 is 1.33 bits per heavy atom. The highest BCUT2D eigenvalue weighted by Gasteiger charge is 2.32. The first-order chi connectivity index (χ1) is 8.39. The van der Waals surface area contributed by atoms with Crippen LogP contribution < -0.4 is 10.2 Å². The van der Waals surface area contributed by atoms with Gasteiger partial charge in [-0.05, 0) is 25.1 Å². The predicted octanol–water partition coefficient (Wildman–Crippen LogP) is 2.64. The first-order valence-electron chi connectivity index (χ1n) is 5.73. The lowest BCUT2D eigenvalue weighted by atomic mass is 10.1. The van der Waals surface area contributed by atoms with Gasteiger partial charge in [-0.15, -0.1) is 0 Å². The predicted molar refractivity (Wildman–Crippen MR) is 61.1 cm³/mol. The molecule has 0 spiro atoms. The van der Waals surface area contributed by atoms with Gasteiger partial charge in [0.1, 0.15) is 5.82 Å². The van der Waals surface area contributed by atoms with Crippen molar-refractivity contribution < 1.29 is 17.6 Å². The minimum Gasteiger partial charge on any atom is -0.364 e. The minimum atomic E-state index is -4.44. The summed E-state index contributed by atoms with van der Waals surface area (Å²) < 4.78 is 51.5. The van der Waals surface area contributed by atoms with Crippen molar-refractivity contribution in [2.45, 2.75) is 19.1 Å². The summed E-state index contributed by atoms with van der Waals surface area (Å²) in [4.78, 5) is 1.67. The highest BCUT2D eigenvalue weighted by atomic mass is 19.4. The van der Waals surface area contributed by atoms with E-state index in [1.165, 1.54) is 0 Å². The van der Waals surface area contributed by atoms with Crippen LogP contribution in [0.1, 0.15) is 12.5 Å². The van der Waals surface area contributed by atoms with E-state index < -0.39 is 17.6 Å². The molecule has 0 amide bonds. The zero-order chi connectivity index (χ0) is 13.3. The van der Waals surface area contributed by atoms with E-state index in [0.29, 0.717) is 19.6 Å². The third-order valence-electron chi connectivity index (χ3n) is 3.08. The van der Waals surface area contributed by atoms with Gasteiger partial charge >= 0.3 is 6.18 Å². The van der Waals surface area contributed by atoms with Crippen LogP contribution in [-0.4, -0.2) is 25.7 Å². The van der Waals surface area contributed by atoms with Crippen LogP contribution in [0, 0.1) is 5.82 Å². The van der Waals surface area contributed by atoms with Gasteiger partial charge in [-0.2, -0.15) is 13.2 Å². The van der Waals surface area contributed by atoms with Crippen LogP contribution in [0.4, 0.5) is 23.2 Å². The van der Waals surface area contributed by atoms with E-state index in [2.05, 4.69) is 5.32 Å². The number of piperazine rings is 1. The topological polar surface area (TPSA) is 15.3 Å². The average molecular weight is 262 g/mol. The Morgan fingerprint density at radius 2 is 2.06 bits per heavy atom. The molecule has 1 N–H and O–H groups in total. The SMILES string of the molecule is C[C@@H]1CNCCN1c1cc(C(F)(F)F)ccc1F. The molecule has 2 rings (SSSR count). The molecule has 1 aliphatic heterocycles. The second kappa shape index (κ2) is 4.76. The van der Waals surface area contributed by atoms with Crippen molar-refractivity contribution in [3.63, 3.8) is 0 Å². The quantitative estimate of drug-likeness (QED) is 0.783. The third-order valence-corrected chi connectivity index (χ3v) is 3.08. The summed E-state index contributed by atoms with van der Waals surface area (Å²) in [6.07, 6.45) is -4.44. The molecule has 18 heavy (non-hydrogen) atoms. The summed E-state index contributed by atoms with van der Waals surface area (Å²) in [7, 11) is 0. The number of halogens is 4. The fourth-order valence-corrected chi connectivity index (χ4v) is 2.11. The van der Waals surface area contributed by atoms with E-state index in [9.17, 15) is 17.6 Å². The van der Waals surface area contributed by atoms with Crippen molar-refractivity contribution >= 4 is 5.69 Å². The lowest BCUT2D eigenvalue weighted by Gasteiger charge is -2.36. The molecule has 2 nitrogen and oxygen atoms in total. The zero-order valence-corrected chi connectivity index (χ0v) is 9.89. The van der Waals surface area contributed by atoms with E-state index in [-0.39, 0.29) is 11.7 Å². The number of hydrogen-bond acceptors (Lipinski definition) is 2. The van der Waals surface area contributed by atoms with Gasteiger partial charge in [0.2, 0.25) is 0 Å². The van der Waals surface area contributed by atoms with E-state index in [4.69, 9.17) is 0 Å². The van der Waals surface area contributed by atoms with Crippen LogP contribution in [0.5, 0.6) is 0 Å². The maximum atomic E-state index is 13.7. The first kappa shape index (κ1) is 13.1. The highest BCUT2D eigenvalue weighted by molar-refractivity contribution is 5.52. The van der Waals surface area contributed by atoms with Crippen LogP contribution in [-0.2, 0) is 6.18 Å². The van der Waals surface area contributed by atoms with Crippen molar-refractivity contribution in [1.29, 1.82) is 0 Å². The largest absolute Gasteiger partial charge is 0.416 e. The first-order valence-corrected chi connectivity index (χ1v) is 5.73. The van der Waals surface area contributed by atoms with Crippen LogP contribution in [0.3, 0.4) is 0 Å². The van der Waals surface area contributed by atoms with E-state index in [1.807, 2.05) is 6.92 Å². The van der Waals surface area contributed by atoms with Crippen molar-refractivity contribution in [3.8, 4) is 0 Å². The maximum absolute atomic E-state index is 13.7. The number of hydrogen-bond donors (Lipinski definition) is 1. The average Bonchev–Trinajstić information content (AvgIpc) is 2.29. The molecule has 0 radical (unpaired) electrons. The van der Waals surface area contributed by atoms with E-state index in [0.717, 1.165) is 18.2 Å². The van der Waals surface area contributed by atoms with Crippen molar-refractivity contribution in [2.24, 2.45) is 0 Å². The zero-order valence-electron chi connectivity index (χ0n) is 9.89. The summed E-state index contributed by atoms with van der Waals surface area (Å²) in [5.41, 5.74) is -0.788. The second-order valence-electron chi connectivity index (χ2n) is 4.41. The molecule has 0 bridgehead atoms. The summed E-state index contributed by atoms with van der Waals surface area (Å²) in [5, 5.41) is 3.11. The Morgan fingerprint density at radius 3 is 2.67 bits per heavy atom. The molecule has 100 valence electrons. The molecule has 1 aromatic carbocycles. The molecule has 1 aromatic rings. The number of anilines is 1. The molecule has 0 unspecified atom stereocenters. The number of alkyl halides is 3. The van der Waals surface area contributed by atoms with Crippen LogP contribution in [0.25, 0.3) is 0 Å². The van der Waals surface area contributed by atoms with Crippen LogP contribution in [0.2, 0.25) is 0 Å². The molecule has 1 fully saturated rings. The van der Waals surface area contributed by atoms with Gasteiger partial charge in [-0.25, -0.2) is 4.39 Å². The molecule has 1 saturated heterocycles. The monoisotopic (exact) mass is 262 g/mol. The fraction of sp³-hybridized carbons (Fsp3) is 0.500. The van der Waals surface area contributed by atoms with Crippen LogP contribution in [0.15, 0.2) is 18.2 Å². The van der Waals surface area contributed by atoms with E-state index in [1.54, 1.807) is 4.90 Å². The summed E-state index contributed by atoms with van der Waals surface area (Å²) in [6, 6.07) is 2.51. The standard InChI is InChI=1S/C12H14F4N2/c1-8-7-17-4-5-18(8)11-6-9(12(14,15)16)2-3-10(11)13/h2-3,6,8,17H,4-5,7H2,1H3/t8-/m1/s1. The second-order valence-corrected chi connectivity index (χ2v) is 4.41. The Bertz CT molecular complexity index is 431. The molecule has 1 atom stereocenters. The lowest BCUT2D eigenvalue weighted by molar-refractivity contribution is -0.137. The minimum absolute atomic E-state index is 0.0267. The van der Waals surface area contributed by atoms with Crippen molar-refractivity contribution in [1.82, 2.24) is 5.32 Å². The molecule has 1 aliphatic rings. The highest BCUT2D eigenvalue weighted by Crippen LogP contribution is 2.33. The van der Waals surface area contributed by atoms with Gasteiger partial charge in [0.25, 0.3) is 0 Å². The summed E-state index contributed by atoms with van der Waals surface area (Å²) in [6.45, 7) is 3.63. The van der Waals surface area contributed by atoms with Gasteiger partial charge in [0, 0.05) is 25.7 Å². The fourth-order valence-electron chi connectivity index (χ4n) is 2.11. The molecular weight excluding hydrogens is 248 g/mol. The van der Waals surface area contributed by atoms with Crippen molar-refractivity contribution in [2.75, 3.05) is 24.5 Å². The molecular formula is C12H14F4N2. The Labute approximate surface area is 103 Å². The molecule has 0 aliphatic carbocycles. The Balaban J connectivity index is 2.37. The summed E-state index contributed by atoms with van der Waals surface area (Å²) in [5.74, 6) is -0.614. The normalized spacial score (nSPS) is 21.2. The van der Waals surface area contributed by atoms with Gasteiger partial charge in [-0.3, -0.25) is 0 Å².